The molecule has 0 fully saturated rings. The van der Waals surface area contributed by atoms with Crippen LogP contribution in [0.5, 0.6) is 0 Å². The number of rotatable bonds is 7. The van der Waals surface area contributed by atoms with Crippen molar-refractivity contribution in [3.63, 3.8) is 0 Å². The first-order valence-corrected chi connectivity index (χ1v) is 8.10. The Kier molecular flexibility index (Phi) is 6.32. The molecule has 0 heterocycles. The fourth-order valence-corrected chi connectivity index (χ4v) is 2.62. The number of hydrogen-bond donors (Lipinski definition) is 2. The first kappa shape index (κ1) is 17.9. The van der Waals surface area contributed by atoms with Crippen LogP contribution in [0.4, 0.5) is 5.69 Å². The zero-order valence-corrected chi connectivity index (χ0v) is 14.3. The molecular weight excluding hydrogens is 304 g/mol. The summed E-state index contributed by atoms with van der Waals surface area (Å²) in [6.07, 6.45) is 0.619. The van der Waals surface area contributed by atoms with Gasteiger partial charge in [0, 0.05) is 11.1 Å². The summed E-state index contributed by atoms with van der Waals surface area (Å²) >= 11 is 0. The molecule has 5 nitrogen and oxygen atoms in total. The minimum Gasteiger partial charge on any atom is -0.468 e. The number of benzene rings is 2. The predicted molar refractivity (Wildman–Crippen MR) is 95.8 cm³/mol. The van der Waals surface area contributed by atoms with Crippen LogP contribution in [0.25, 0.3) is 10.8 Å². The number of anilines is 1. The van der Waals surface area contributed by atoms with Crippen molar-refractivity contribution >= 4 is 28.3 Å². The minimum absolute atomic E-state index is 0.0513. The summed E-state index contributed by atoms with van der Waals surface area (Å²) in [5.74, 6) is -0.214. The molecular formula is C19H24N2O3. The molecule has 0 radical (unpaired) electrons. The summed E-state index contributed by atoms with van der Waals surface area (Å²) in [7, 11) is 1.35. The molecule has 0 spiro atoms. The number of hydrogen-bond acceptors (Lipinski definition) is 4. The third-order valence-corrected chi connectivity index (χ3v) is 3.77. The van der Waals surface area contributed by atoms with Crippen molar-refractivity contribution in [2.75, 3.05) is 19.0 Å². The van der Waals surface area contributed by atoms with E-state index in [9.17, 15) is 9.59 Å². The average molecular weight is 328 g/mol. The van der Waals surface area contributed by atoms with Crippen LogP contribution >= 0.6 is 0 Å². The van der Waals surface area contributed by atoms with Crippen molar-refractivity contribution in [2.24, 2.45) is 5.92 Å². The van der Waals surface area contributed by atoms with Crippen LogP contribution in [-0.2, 0) is 14.3 Å². The van der Waals surface area contributed by atoms with Gasteiger partial charge in [-0.25, -0.2) is 0 Å². The lowest BCUT2D eigenvalue weighted by Crippen LogP contribution is -2.42. The van der Waals surface area contributed by atoms with E-state index in [2.05, 4.69) is 10.6 Å². The molecule has 1 atom stereocenters. The van der Waals surface area contributed by atoms with E-state index < -0.39 is 6.04 Å². The molecule has 0 aliphatic carbocycles. The Morgan fingerprint density at radius 2 is 1.79 bits per heavy atom. The number of carbonyl (C=O) groups is 2. The zero-order valence-electron chi connectivity index (χ0n) is 14.3. The van der Waals surface area contributed by atoms with Crippen molar-refractivity contribution in [3.05, 3.63) is 42.5 Å². The summed E-state index contributed by atoms with van der Waals surface area (Å²) in [5.41, 5.74) is 0.762. The normalized spacial score (nSPS) is 12.2. The van der Waals surface area contributed by atoms with E-state index in [0.29, 0.717) is 12.3 Å². The number of methoxy groups -OCH3 is 1. The summed E-state index contributed by atoms with van der Waals surface area (Å²) < 4.78 is 4.79. The highest BCUT2D eigenvalue weighted by atomic mass is 16.5. The number of carbonyl (C=O) groups excluding carboxylic acids is 2. The molecule has 2 N–H and O–H groups in total. The van der Waals surface area contributed by atoms with Gasteiger partial charge in [-0.15, -0.1) is 0 Å². The summed E-state index contributed by atoms with van der Waals surface area (Å²) in [4.78, 5) is 24.0. The Balaban J connectivity index is 2.00. The van der Waals surface area contributed by atoms with Gasteiger partial charge in [0.2, 0.25) is 5.91 Å². The van der Waals surface area contributed by atoms with E-state index >= 15 is 0 Å². The lowest BCUT2D eigenvalue weighted by atomic mass is 10.0. The van der Waals surface area contributed by atoms with Crippen molar-refractivity contribution < 1.29 is 14.3 Å². The van der Waals surface area contributed by atoms with Crippen molar-refractivity contribution in [2.45, 2.75) is 26.3 Å². The Bertz CT molecular complexity index is 707. The van der Waals surface area contributed by atoms with Crippen LogP contribution in [0.2, 0.25) is 0 Å². The number of amides is 1. The van der Waals surface area contributed by atoms with Gasteiger partial charge in [0.1, 0.15) is 6.04 Å². The van der Waals surface area contributed by atoms with Crippen molar-refractivity contribution in [1.82, 2.24) is 5.32 Å². The van der Waals surface area contributed by atoms with Gasteiger partial charge in [-0.05, 0) is 23.8 Å². The first-order chi connectivity index (χ1) is 11.5. The average Bonchev–Trinajstić information content (AvgIpc) is 2.58. The van der Waals surface area contributed by atoms with E-state index in [1.54, 1.807) is 0 Å². The van der Waals surface area contributed by atoms with E-state index in [1.165, 1.54) is 7.11 Å². The molecule has 2 aromatic carbocycles. The Labute approximate surface area is 142 Å². The van der Waals surface area contributed by atoms with Crippen LogP contribution in [0.15, 0.2) is 42.5 Å². The number of esters is 1. The maximum atomic E-state index is 12.2. The van der Waals surface area contributed by atoms with Gasteiger partial charge in [0.25, 0.3) is 0 Å². The van der Waals surface area contributed by atoms with Crippen LogP contribution < -0.4 is 10.6 Å². The quantitative estimate of drug-likeness (QED) is 0.767. The van der Waals surface area contributed by atoms with Gasteiger partial charge >= 0.3 is 5.97 Å². The second kappa shape index (κ2) is 8.45. The number of nitrogens with one attached hydrogen (secondary N) is 2. The second-order valence-corrected chi connectivity index (χ2v) is 6.16. The molecule has 5 heteroatoms. The molecule has 0 aliphatic heterocycles. The Morgan fingerprint density at radius 3 is 2.50 bits per heavy atom. The molecule has 0 unspecified atom stereocenters. The molecule has 24 heavy (non-hydrogen) atoms. The molecule has 1 amide bonds. The van der Waals surface area contributed by atoms with Gasteiger partial charge in [-0.3, -0.25) is 14.9 Å². The maximum absolute atomic E-state index is 12.2. The Morgan fingerprint density at radius 1 is 1.08 bits per heavy atom. The molecule has 0 saturated heterocycles. The fourth-order valence-electron chi connectivity index (χ4n) is 2.62. The third kappa shape index (κ3) is 4.80. The van der Waals surface area contributed by atoms with E-state index in [1.807, 2.05) is 56.3 Å². The summed E-state index contributed by atoms with van der Waals surface area (Å²) in [6, 6.07) is 13.2. The third-order valence-electron chi connectivity index (χ3n) is 3.77. The summed E-state index contributed by atoms with van der Waals surface area (Å²) in [5, 5.41) is 7.93. The van der Waals surface area contributed by atoms with Gasteiger partial charge in [-0.1, -0.05) is 50.2 Å². The number of ether oxygens (including phenoxy) is 1. The van der Waals surface area contributed by atoms with Gasteiger partial charge in [-0.2, -0.15) is 0 Å². The molecule has 2 aromatic rings. The topological polar surface area (TPSA) is 67.4 Å². The van der Waals surface area contributed by atoms with Crippen molar-refractivity contribution in [1.29, 1.82) is 0 Å². The molecule has 0 bridgehead atoms. The highest BCUT2D eigenvalue weighted by Crippen LogP contribution is 2.22. The molecule has 0 saturated carbocycles. The van der Waals surface area contributed by atoms with E-state index in [-0.39, 0.29) is 18.4 Å². The van der Waals surface area contributed by atoms with Crippen LogP contribution in [-0.4, -0.2) is 31.6 Å². The zero-order chi connectivity index (χ0) is 17.5. The standard InChI is InChI=1S/C19H24N2O3/c1-13(2)11-17(19(23)24-3)20-12-18(22)21-16-10-6-8-14-7-4-5-9-15(14)16/h4-10,13,17,20H,11-12H2,1-3H3,(H,21,22)/t17-/m1/s1. The van der Waals surface area contributed by atoms with Gasteiger partial charge in [0.05, 0.1) is 13.7 Å². The fraction of sp³-hybridized carbons (Fsp3) is 0.368. The monoisotopic (exact) mass is 328 g/mol. The largest absolute Gasteiger partial charge is 0.468 e. The first-order valence-electron chi connectivity index (χ1n) is 8.10. The highest BCUT2D eigenvalue weighted by molar-refractivity contribution is 6.02. The summed E-state index contributed by atoms with van der Waals surface area (Å²) in [6.45, 7) is 4.09. The lowest BCUT2D eigenvalue weighted by Gasteiger charge is -2.18. The second-order valence-electron chi connectivity index (χ2n) is 6.16. The smallest absolute Gasteiger partial charge is 0.322 e. The molecule has 128 valence electrons. The van der Waals surface area contributed by atoms with Gasteiger partial charge in [0.15, 0.2) is 0 Å². The predicted octanol–water partition coefficient (Wildman–Crippen LogP) is 2.96. The Hall–Kier alpha value is -2.40. The van der Waals surface area contributed by atoms with Crippen LogP contribution in [0.3, 0.4) is 0 Å². The van der Waals surface area contributed by atoms with E-state index in [0.717, 1.165) is 16.5 Å². The highest BCUT2D eigenvalue weighted by Gasteiger charge is 2.20. The minimum atomic E-state index is -0.478. The maximum Gasteiger partial charge on any atom is 0.322 e. The van der Waals surface area contributed by atoms with Gasteiger partial charge < -0.3 is 10.1 Å². The molecule has 2 rings (SSSR count). The van der Waals surface area contributed by atoms with E-state index in [4.69, 9.17) is 4.74 Å². The van der Waals surface area contributed by atoms with Crippen molar-refractivity contribution in [3.8, 4) is 0 Å². The molecule has 0 aliphatic rings. The lowest BCUT2D eigenvalue weighted by molar-refractivity contribution is -0.143. The number of fused-ring (bicyclic) bond motifs is 1. The molecule has 0 aromatic heterocycles. The van der Waals surface area contributed by atoms with Crippen LogP contribution in [0.1, 0.15) is 20.3 Å². The SMILES string of the molecule is COC(=O)[C@@H](CC(C)C)NCC(=O)Nc1cccc2ccccc12. The van der Waals surface area contributed by atoms with Crippen LogP contribution in [0, 0.1) is 5.92 Å².